The number of hydrogen-bond acceptors (Lipinski definition) is 4. The van der Waals surface area contributed by atoms with Gasteiger partial charge in [0.15, 0.2) is 5.82 Å². The zero-order chi connectivity index (χ0) is 15.2. The van der Waals surface area contributed by atoms with Gasteiger partial charge in [-0.05, 0) is 41.0 Å². The van der Waals surface area contributed by atoms with Crippen molar-refractivity contribution in [2.75, 3.05) is 5.73 Å². The van der Waals surface area contributed by atoms with E-state index < -0.39 is 0 Å². The number of anilines is 1. The molecule has 1 unspecified atom stereocenters. The Morgan fingerprint density at radius 1 is 1.33 bits per heavy atom. The van der Waals surface area contributed by atoms with E-state index in [1.807, 2.05) is 10.7 Å². The highest BCUT2D eigenvalue weighted by atomic mass is 35.5. The van der Waals surface area contributed by atoms with Crippen molar-refractivity contribution in [1.29, 1.82) is 0 Å². The highest BCUT2D eigenvalue weighted by Gasteiger charge is 2.15. The zero-order valence-corrected chi connectivity index (χ0v) is 13.3. The maximum absolute atomic E-state index is 6.03. The Morgan fingerprint density at radius 3 is 2.81 bits per heavy atom. The number of tetrazole rings is 1. The van der Waals surface area contributed by atoms with Crippen LogP contribution < -0.4 is 5.73 Å². The van der Waals surface area contributed by atoms with Crippen molar-refractivity contribution in [2.45, 2.75) is 46.1 Å². The topological polar surface area (TPSA) is 69.6 Å². The van der Waals surface area contributed by atoms with Crippen molar-refractivity contribution < 1.29 is 0 Å². The Balaban J connectivity index is 2.21. The molecule has 0 bridgehead atoms. The van der Waals surface area contributed by atoms with Gasteiger partial charge in [-0.25, -0.2) is 4.68 Å². The first-order valence-corrected chi connectivity index (χ1v) is 7.85. The molecule has 1 heterocycles. The Morgan fingerprint density at radius 2 is 2.14 bits per heavy atom. The fraction of sp³-hybridized carbons (Fsp3) is 0.533. The Bertz CT molecular complexity index is 581. The van der Waals surface area contributed by atoms with E-state index in [0.717, 1.165) is 18.5 Å². The van der Waals surface area contributed by atoms with Crippen LogP contribution in [0.1, 0.15) is 39.5 Å². The van der Waals surface area contributed by atoms with Crippen molar-refractivity contribution in [1.82, 2.24) is 20.2 Å². The fourth-order valence-electron chi connectivity index (χ4n) is 2.42. The van der Waals surface area contributed by atoms with Gasteiger partial charge in [0.05, 0.1) is 0 Å². The average Bonchev–Trinajstić information content (AvgIpc) is 2.91. The standard InChI is InChI=1S/C15H22ClN5/c1-3-5-6-11(4-2)10-21-15(18-19-20-21)13-8-7-12(16)9-14(13)17/h7-9,11H,3-6,10,17H2,1-2H3. The van der Waals surface area contributed by atoms with E-state index in [1.165, 1.54) is 19.3 Å². The summed E-state index contributed by atoms with van der Waals surface area (Å²) in [5, 5.41) is 12.7. The van der Waals surface area contributed by atoms with Crippen molar-refractivity contribution in [2.24, 2.45) is 5.92 Å². The number of nitrogen functional groups attached to an aromatic ring is 1. The summed E-state index contributed by atoms with van der Waals surface area (Å²) in [6.45, 7) is 5.24. The molecular formula is C15H22ClN5. The van der Waals surface area contributed by atoms with Crippen LogP contribution in [0.25, 0.3) is 11.4 Å². The average molecular weight is 308 g/mol. The molecule has 0 radical (unpaired) electrons. The Kier molecular flexibility index (Phi) is 5.56. The minimum absolute atomic E-state index is 0.584. The summed E-state index contributed by atoms with van der Waals surface area (Å²) in [5.41, 5.74) is 7.46. The molecule has 0 fully saturated rings. The minimum Gasteiger partial charge on any atom is -0.398 e. The predicted octanol–water partition coefficient (Wildman–Crippen LogP) is 3.79. The molecule has 0 saturated carbocycles. The van der Waals surface area contributed by atoms with Crippen LogP contribution in [0, 0.1) is 5.92 Å². The summed E-state index contributed by atoms with van der Waals surface area (Å²) in [5.74, 6) is 1.29. The van der Waals surface area contributed by atoms with Gasteiger partial charge < -0.3 is 5.73 Å². The first-order chi connectivity index (χ1) is 10.2. The van der Waals surface area contributed by atoms with Crippen molar-refractivity contribution in [3.8, 4) is 11.4 Å². The molecule has 0 aliphatic heterocycles. The molecule has 0 aliphatic rings. The van der Waals surface area contributed by atoms with E-state index in [9.17, 15) is 0 Å². The molecule has 0 amide bonds. The van der Waals surface area contributed by atoms with Crippen LogP contribution in [0.3, 0.4) is 0 Å². The summed E-state index contributed by atoms with van der Waals surface area (Å²) >= 11 is 5.94. The third-order valence-electron chi connectivity index (χ3n) is 3.76. The van der Waals surface area contributed by atoms with Gasteiger partial charge in [-0.3, -0.25) is 0 Å². The lowest BCUT2D eigenvalue weighted by Crippen LogP contribution is -2.13. The second kappa shape index (κ2) is 7.41. The lowest BCUT2D eigenvalue weighted by molar-refractivity contribution is 0.370. The van der Waals surface area contributed by atoms with E-state index in [2.05, 4.69) is 29.4 Å². The monoisotopic (exact) mass is 307 g/mol. The van der Waals surface area contributed by atoms with Crippen molar-refractivity contribution in [3.05, 3.63) is 23.2 Å². The van der Waals surface area contributed by atoms with E-state index >= 15 is 0 Å². The van der Waals surface area contributed by atoms with Crippen molar-refractivity contribution in [3.63, 3.8) is 0 Å². The van der Waals surface area contributed by atoms with Crippen LogP contribution in [0.4, 0.5) is 5.69 Å². The highest BCUT2D eigenvalue weighted by molar-refractivity contribution is 6.31. The molecule has 1 atom stereocenters. The lowest BCUT2D eigenvalue weighted by Gasteiger charge is -2.15. The first kappa shape index (κ1) is 15.8. The molecule has 0 saturated heterocycles. The second-order valence-corrected chi connectivity index (χ2v) is 5.77. The van der Waals surface area contributed by atoms with E-state index in [1.54, 1.807) is 12.1 Å². The lowest BCUT2D eigenvalue weighted by atomic mass is 9.99. The Hall–Kier alpha value is -1.62. The third kappa shape index (κ3) is 3.94. The van der Waals surface area contributed by atoms with Gasteiger partial charge in [-0.1, -0.05) is 44.7 Å². The Labute approximate surface area is 130 Å². The molecule has 1 aromatic carbocycles. The number of hydrogen-bond donors (Lipinski definition) is 1. The van der Waals surface area contributed by atoms with Gasteiger partial charge in [0.2, 0.25) is 0 Å². The summed E-state index contributed by atoms with van der Waals surface area (Å²) < 4.78 is 1.85. The fourth-order valence-corrected chi connectivity index (χ4v) is 2.60. The maximum Gasteiger partial charge on any atom is 0.184 e. The minimum atomic E-state index is 0.584. The van der Waals surface area contributed by atoms with Gasteiger partial charge >= 0.3 is 0 Å². The van der Waals surface area contributed by atoms with Crippen LogP contribution in [-0.4, -0.2) is 20.2 Å². The number of aromatic nitrogens is 4. The molecule has 0 spiro atoms. The second-order valence-electron chi connectivity index (χ2n) is 5.33. The zero-order valence-electron chi connectivity index (χ0n) is 12.6. The normalized spacial score (nSPS) is 12.5. The summed E-state index contributed by atoms with van der Waals surface area (Å²) in [7, 11) is 0. The van der Waals surface area contributed by atoms with Gasteiger partial charge in [0.1, 0.15) is 0 Å². The van der Waals surface area contributed by atoms with Crippen molar-refractivity contribution >= 4 is 17.3 Å². The van der Waals surface area contributed by atoms with Crippen LogP contribution >= 0.6 is 11.6 Å². The number of nitrogens with two attached hydrogens (primary N) is 1. The number of unbranched alkanes of at least 4 members (excludes halogenated alkanes) is 1. The van der Waals surface area contributed by atoms with Crippen LogP contribution in [-0.2, 0) is 6.54 Å². The van der Waals surface area contributed by atoms with E-state index in [0.29, 0.717) is 22.5 Å². The number of halogens is 1. The first-order valence-electron chi connectivity index (χ1n) is 7.47. The molecule has 5 nitrogen and oxygen atoms in total. The van der Waals surface area contributed by atoms with E-state index in [4.69, 9.17) is 17.3 Å². The molecule has 6 heteroatoms. The van der Waals surface area contributed by atoms with Gasteiger partial charge in [0, 0.05) is 22.8 Å². The summed E-state index contributed by atoms with van der Waals surface area (Å²) in [6.07, 6.45) is 4.76. The van der Waals surface area contributed by atoms with Gasteiger partial charge in [-0.15, -0.1) is 5.10 Å². The quantitative estimate of drug-likeness (QED) is 0.790. The largest absolute Gasteiger partial charge is 0.398 e. The SMILES string of the molecule is CCCCC(CC)Cn1nnnc1-c1ccc(Cl)cc1N. The van der Waals surface area contributed by atoms with Crippen LogP contribution in [0.15, 0.2) is 18.2 Å². The molecule has 2 aromatic rings. The predicted molar refractivity (Wildman–Crippen MR) is 86.0 cm³/mol. The van der Waals surface area contributed by atoms with Gasteiger partial charge in [-0.2, -0.15) is 0 Å². The van der Waals surface area contributed by atoms with E-state index in [-0.39, 0.29) is 0 Å². The summed E-state index contributed by atoms with van der Waals surface area (Å²) in [4.78, 5) is 0. The summed E-state index contributed by atoms with van der Waals surface area (Å²) in [6, 6.07) is 5.40. The number of nitrogens with zero attached hydrogens (tertiary/aromatic N) is 4. The molecule has 2 rings (SSSR count). The van der Waals surface area contributed by atoms with Crippen LogP contribution in [0.2, 0.25) is 5.02 Å². The molecule has 114 valence electrons. The number of benzene rings is 1. The number of rotatable bonds is 7. The van der Waals surface area contributed by atoms with Crippen LogP contribution in [0.5, 0.6) is 0 Å². The molecular weight excluding hydrogens is 286 g/mol. The smallest absolute Gasteiger partial charge is 0.184 e. The third-order valence-corrected chi connectivity index (χ3v) is 4.00. The molecule has 0 aliphatic carbocycles. The highest BCUT2D eigenvalue weighted by Crippen LogP contribution is 2.27. The molecule has 2 N–H and O–H groups in total. The molecule has 1 aromatic heterocycles. The molecule has 21 heavy (non-hydrogen) atoms. The van der Waals surface area contributed by atoms with Gasteiger partial charge in [0.25, 0.3) is 0 Å². The maximum atomic E-state index is 6.03.